The van der Waals surface area contributed by atoms with Crippen molar-refractivity contribution in [2.75, 3.05) is 0 Å². The van der Waals surface area contributed by atoms with E-state index < -0.39 is 15.8 Å². The number of nitrogens with one attached hydrogen (secondary N) is 2. The lowest BCUT2D eigenvalue weighted by atomic mass is 10.2. The molecule has 33 heavy (non-hydrogen) atoms. The summed E-state index contributed by atoms with van der Waals surface area (Å²) in [6.07, 6.45) is 7.60. The number of benzene rings is 2. The lowest BCUT2D eigenvalue weighted by Gasteiger charge is -2.07. The molecule has 0 aliphatic heterocycles. The molecule has 3 aromatic rings. The van der Waals surface area contributed by atoms with Crippen LogP contribution >= 0.6 is 0 Å². The van der Waals surface area contributed by atoms with Crippen molar-refractivity contribution in [3.8, 4) is 11.5 Å². The Bertz CT molecular complexity index is 1260. The smallest absolute Gasteiger partial charge is 0.244 e. The number of hydrogen-bond donors (Lipinski definition) is 2. The van der Waals surface area contributed by atoms with Crippen LogP contribution in [0.2, 0.25) is 0 Å². The fraction of sp³-hybridized carbons (Fsp3) is 0.167. The van der Waals surface area contributed by atoms with Gasteiger partial charge in [0.15, 0.2) is 11.6 Å². The molecule has 0 atom stereocenters. The van der Waals surface area contributed by atoms with E-state index in [9.17, 15) is 17.6 Å². The van der Waals surface area contributed by atoms with Crippen LogP contribution in [0.25, 0.3) is 6.08 Å². The number of pyridine rings is 1. The van der Waals surface area contributed by atoms with Crippen LogP contribution in [0.5, 0.6) is 11.5 Å². The third-order valence-electron chi connectivity index (χ3n) is 4.84. The number of halogens is 1. The van der Waals surface area contributed by atoms with Crippen molar-refractivity contribution in [2.24, 2.45) is 0 Å². The van der Waals surface area contributed by atoms with Gasteiger partial charge in [-0.3, -0.25) is 9.78 Å². The molecule has 1 saturated carbocycles. The summed E-state index contributed by atoms with van der Waals surface area (Å²) in [7, 11) is -3.50. The van der Waals surface area contributed by atoms with Crippen LogP contribution in [-0.4, -0.2) is 25.4 Å². The van der Waals surface area contributed by atoms with Gasteiger partial charge in [-0.15, -0.1) is 0 Å². The predicted octanol–water partition coefficient (Wildman–Crippen LogP) is 3.78. The highest BCUT2D eigenvalue weighted by atomic mass is 32.2. The highest BCUT2D eigenvalue weighted by Gasteiger charge is 2.27. The van der Waals surface area contributed by atoms with Crippen LogP contribution in [-0.2, 0) is 21.4 Å². The summed E-state index contributed by atoms with van der Waals surface area (Å²) in [4.78, 5) is 16.2. The highest BCUT2D eigenvalue weighted by Crippen LogP contribution is 2.25. The number of rotatable bonds is 9. The Morgan fingerprint density at radius 1 is 1.15 bits per heavy atom. The molecule has 0 unspecified atom stereocenters. The van der Waals surface area contributed by atoms with E-state index in [-0.39, 0.29) is 29.1 Å². The first-order valence-corrected chi connectivity index (χ1v) is 11.8. The van der Waals surface area contributed by atoms with Gasteiger partial charge in [0, 0.05) is 24.9 Å². The second-order valence-corrected chi connectivity index (χ2v) is 9.29. The van der Waals surface area contributed by atoms with Gasteiger partial charge in [-0.05, 0) is 66.4 Å². The largest absolute Gasteiger partial charge is 0.453 e. The van der Waals surface area contributed by atoms with Crippen molar-refractivity contribution in [1.29, 1.82) is 0 Å². The molecular weight excluding hydrogens is 445 g/mol. The second kappa shape index (κ2) is 9.93. The molecular formula is C24H22FN3O4S. The average molecular weight is 468 g/mol. The zero-order chi connectivity index (χ0) is 23.3. The molecule has 1 heterocycles. The molecule has 0 bridgehead atoms. The van der Waals surface area contributed by atoms with Crippen LogP contribution in [0.1, 0.15) is 24.0 Å². The molecule has 2 N–H and O–H groups in total. The van der Waals surface area contributed by atoms with Crippen LogP contribution in [0.3, 0.4) is 0 Å². The molecule has 4 rings (SSSR count). The van der Waals surface area contributed by atoms with E-state index in [1.165, 1.54) is 42.6 Å². The van der Waals surface area contributed by atoms with Crippen LogP contribution in [0.15, 0.2) is 78.0 Å². The molecule has 2 aromatic carbocycles. The zero-order valence-corrected chi connectivity index (χ0v) is 18.4. The van der Waals surface area contributed by atoms with Crippen molar-refractivity contribution in [3.63, 3.8) is 0 Å². The first-order valence-electron chi connectivity index (χ1n) is 10.3. The fourth-order valence-electron chi connectivity index (χ4n) is 2.93. The third kappa shape index (κ3) is 6.47. The molecule has 7 nitrogen and oxygen atoms in total. The van der Waals surface area contributed by atoms with Gasteiger partial charge >= 0.3 is 0 Å². The number of hydrogen-bond acceptors (Lipinski definition) is 5. The van der Waals surface area contributed by atoms with E-state index in [0.717, 1.165) is 18.4 Å². The number of carbonyl (C=O) groups excluding carboxylic acids is 1. The Kier molecular flexibility index (Phi) is 6.81. The minimum absolute atomic E-state index is 0.0409. The van der Waals surface area contributed by atoms with Gasteiger partial charge in [0.25, 0.3) is 0 Å². The first kappa shape index (κ1) is 22.6. The monoisotopic (exact) mass is 467 g/mol. The van der Waals surface area contributed by atoms with Gasteiger partial charge in [0.2, 0.25) is 15.9 Å². The van der Waals surface area contributed by atoms with Gasteiger partial charge in [-0.2, -0.15) is 0 Å². The minimum atomic E-state index is -3.50. The van der Waals surface area contributed by atoms with Gasteiger partial charge in [0.05, 0.1) is 11.1 Å². The quantitative estimate of drug-likeness (QED) is 0.467. The van der Waals surface area contributed by atoms with Gasteiger partial charge in [0.1, 0.15) is 5.75 Å². The first-order chi connectivity index (χ1) is 15.9. The Morgan fingerprint density at radius 2 is 1.94 bits per heavy atom. The van der Waals surface area contributed by atoms with E-state index in [0.29, 0.717) is 11.3 Å². The number of nitrogens with zero attached hydrogens (tertiary/aromatic N) is 1. The van der Waals surface area contributed by atoms with Gasteiger partial charge < -0.3 is 10.1 Å². The molecule has 1 amide bonds. The predicted molar refractivity (Wildman–Crippen MR) is 121 cm³/mol. The second-order valence-electron chi connectivity index (χ2n) is 7.57. The maximum absolute atomic E-state index is 14.3. The molecule has 9 heteroatoms. The standard InChI is InChI=1S/C24H22FN3O4S/c25-22-14-17(5-11-23(22)32-20-2-1-13-26-16-20)6-12-24(29)27-15-18-3-9-21(10-4-18)33(30,31)28-19-7-8-19/h1-6,9-14,16,19,28H,7-8,15H2,(H,27,29)/b12-6+. The Balaban J connectivity index is 1.29. The molecule has 1 aliphatic carbocycles. The van der Waals surface area contributed by atoms with Gasteiger partial charge in [-0.25, -0.2) is 17.5 Å². The molecule has 1 aromatic heterocycles. The molecule has 1 fully saturated rings. The molecule has 1 aliphatic rings. The van der Waals surface area contributed by atoms with Crippen LogP contribution in [0.4, 0.5) is 4.39 Å². The van der Waals surface area contributed by atoms with Crippen molar-refractivity contribution in [3.05, 3.63) is 90.0 Å². The minimum Gasteiger partial charge on any atom is -0.453 e. The molecule has 0 saturated heterocycles. The summed E-state index contributed by atoms with van der Waals surface area (Å²) >= 11 is 0. The van der Waals surface area contributed by atoms with Gasteiger partial charge in [-0.1, -0.05) is 18.2 Å². The zero-order valence-electron chi connectivity index (χ0n) is 17.6. The molecule has 0 spiro atoms. The summed E-state index contributed by atoms with van der Waals surface area (Å²) < 4.78 is 46.7. The van der Waals surface area contributed by atoms with E-state index in [1.807, 2.05) is 0 Å². The highest BCUT2D eigenvalue weighted by molar-refractivity contribution is 7.89. The number of sulfonamides is 1. The summed E-state index contributed by atoms with van der Waals surface area (Å²) in [5, 5.41) is 2.71. The maximum Gasteiger partial charge on any atom is 0.244 e. The van der Waals surface area contributed by atoms with Crippen LogP contribution in [0, 0.1) is 5.82 Å². The summed E-state index contributed by atoms with van der Waals surface area (Å²) in [6.45, 7) is 0.228. The summed E-state index contributed by atoms with van der Waals surface area (Å²) in [5.74, 6) is -0.447. The average Bonchev–Trinajstić information content (AvgIpc) is 3.62. The van der Waals surface area contributed by atoms with Crippen molar-refractivity contribution < 1.29 is 22.3 Å². The summed E-state index contributed by atoms with van der Waals surface area (Å²) in [5.41, 5.74) is 1.25. The molecule has 170 valence electrons. The van der Waals surface area contributed by atoms with Crippen molar-refractivity contribution in [2.45, 2.75) is 30.3 Å². The lowest BCUT2D eigenvalue weighted by Crippen LogP contribution is -2.25. The Labute approximate surface area is 191 Å². The van der Waals surface area contributed by atoms with E-state index in [1.54, 1.807) is 36.5 Å². The van der Waals surface area contributed by atoms with Crippen molar-refractivity contribution >= 4 is 22.0 Å². The number of aromatic nitrogens is 1. The SMILES string of the molecule is O=C(/C=C/c1ccc(Oc2cccnc2)c(F)c1)NCc1ccc(S(=O)(=O)NC2CC2)cc1. The summed E-state index contributed by atoms with van der Waals surface area (Å²) in [6, 6.07) is 14.1. The van der Waals surface area contributed by atoms with E-state index >= 15 is 0 Å². The van der Waals surface area contributed by atoms with E-state index in [4.69, 9.17) is 4.74 Å². The number of amides is 1. The Hall–Kier alpha value is -3.56. The van der Waals surface area contributed by atoms with Crippen LogP contribution < -0.4 is 14.8 Å². The van der Waals surface area contributed by atoms with Crippen molar-refractivity contribution in [1.82, 2.24) is 15.0 Å². The third-order valence-corrected chi connectivity index (χ3v) is 6.38. The topological polar surface area (TPSA) is 97.4 Å². The number of ether oxygens (including phenoxy) is 1. The van der Waals surface area contributed by atoms with E-state index in [2.05, 4.69) is 15.0 Å². The fourth-order valence-corrected chi connectivity index (χ4v) is 4.24. The Morgan fingerprint density at radius 3 is 2.61 bits per heavy atom. The lowest BCUT2D eigenvalue weighted by molar-refractivity contribution is -0.116. The maximum atomic E-state index is 14.3. The molecule has 0 radical (unpaired) electrons. The number of carbonyl (C=O) groups is 1. The normalized spacial score (nSPS) is 13.7.